The van der Waals surface area contributed by atoms with Crippen molar-refractivity contribution in [3.63, 3.8) is 0 Å². The summed E-state index contributed by atoms with van der Waals surface area (Å²) in [5.74, 6) is 2.00. The Bertz CT molecular complexity index is 1470. The second-order valence-electron chi connectivity index (χ2n) is 8.19. The largest absolute Gasteiger partial charge is 0.493 e. The van der Waals surface area contributed by atoms with E-state index < -0.39 is 6.10 Å². The lowest BCUT2D eigenvalue weighted by molar-refractivity contribution is 0.222. The molecule has 9 heteroatoms. The fourth-order valence-corrected chi connectivity index (χ4v) is 4.96. The normalized spacial score (nSPS) is 18.1. The first-order valence-electron chi connectivity index (χ1n) is 10.9. The molecule has 4 aromatic rings. The van der Waals surface area contributed by atoms with Crippen LogP contribution in [0.3, 0.4) is 0 Å². The van der Waals surface area contributed by atoms with E-state index in [9.17, 15) is 4.39 Å². The van der Waals surface area contributed by atoms with Gasteiger partial charge in [0.1, 0.15) is 30.0 Å². The van der Waals surface area contributed by atoms with Crippen LogP contribution in [0.2, 0.25) is 0 Å². The van der Waals surface area contributed by atoms with E-state index in [4.69, 9.17) is 14.2 Å². The summed E-state index contributed by atoms with van der Waals surface area (Å²) in [6.45, 7) is 0. The fraction of sp³-hybridized carbons (Fsp3) is 0.154. The summed E-state index contributed by atoms with van der Waals surface area (Å²) in [5, 5.41) is 7.90. The van der Waals surface area contributed by atoms with Gasteiger partial charge >= 0.3 is 0 Å². The molecule has 2 aliphatic rings. The Hall–Kier alpha value is -3.85. The third-order valence-electron chi connectivity index (χ3n) is 6.27. The summed E-state index contributed by atoms with van der Waals surface area (Å²) in [7, 11) is 3.20. The quantitative estimate of drug-likeness (QED) is 0.359. The first kappa shape index (κ1) is 21.7. The van der Waals surface area contributed by atoms with Crippen molar-refractivity contribution in [3.05, 3.63) is 99.5 Å². The van der Waals surface area contributed by atoms with Crippen molar-refractivity contribution in [2.45, 2.75) is 12.1 Å². The molecule has 1 aromatic heterocycles. The van der Waals surface area contributed by atoms with Gasteiger partial charge in [-0.2, -0.15) is 10.1 Å². The first-order chi connectivity index (χ1) is 17.1. The van der Waals surface area contributed by atoms with E-state index in [1.165, 1.54) is 18.5 Å². The SMILES string of the molecule is COc1ccc([C@H]2Oc3ccc(F)cc3C3=C2[C@@H](c2ccc(Br)cc2)n2ncnc2N3)cc1OC. The van der Waals surface area contributed by atoms with Gasteiger partial charge in [0.2, 0.25) is 5.95 Å². The highest BCUT2D eigenvalue weighted by molar-refractivity contribution is 9.10. The van der Waals surface area contributed by atoms with Crippen LogP contribution in [0.1, 0.15) is 28.8 Å². The van der Waals surface area contributed by atoms with Crippen LogP contribution in [0.25, 0.3) is 5.70 Å². The maximum absolute atomic E-state index is 14.4. The molecule has 0 aliphatic carbocycles. The number of fused-ring (bicyclic) bond motifs is 3. The number of halogens is 2. The fourth-order valence-electron chi connectivity index (χ4n) is 4.70. The average molecular weight is 535 g/mol. The van der Waals surface area contributed by atoms with Gasteiger partial charge in [-0.3, -0.25) is 0 Å². The zero-order chi connectivity index (χ0) is 24.1. The Balaban J connectivity index is 1.61. The zero-order valence-corrected chi connectivity index (χ0v) is 20.4. The molecule has 0 bridgehead atoms. The number of nitrogens with one attached hydrogen (secondary N) is 1. The minimum atomic E-state index is -0.513. The van der Waals surface area contributed by atoms with Crippen LogP contribution < -0.4 is 19.5 Å². The number of nitrogens with zero attached hydrogens (tertiary/aromatic N) is 3. The van der Waals surface area contributed by atoms with Crippen LogP contribution in [0.4, 0.5) is 10.3 Å². The molecule has 0 unspecified atom stereocenters. The Morgan fingerprint density at radius 2 is 1.74 bits per heavy atom. The first-order valence-corrected chi connectivity index (χ1v) is 11.7. The van der Waals surface area contributed by atoms with E-state index in [0.29, 0.717) is 28.8 Å². The second-order valence-corrected chi connectivity index (χ2v) is 9.11. The summed E-state index contributed by atoms with van der Waals surface area (Å²) in [6, 6.07) is 17.9. The molecule has 35 heavy (non-hydrogen) atoms. The van der Waals surface area contributed by atoms with Gasteiger partial charge in [0.05, 0.1) is 19.9 Å². The Labute approximate surface area is 209 Å². The van der Waals surface area contributed by atoms with E-state index in [0.717, 1.165) is 26.9 Å². The summed E-state index contributed by atoms with van der Waals surface area (Å²) < 4.78 is 34.7. The van der Waals surface area contributed by atoms with Crippen molar-refractivity contribution in [3.8, 4) is 17.2 Å². The molecule has 0 fully saturated rings. The number of anilines is 1. The van der Waals surface area contributed by atoms with Crippen molar-refractivity contribution in [2.24, 2.45) is 0 Å². The standard InChI is InChI=1S/C26H20BrFN4O3/c1-33-20-9-5-15(11-21(20)34-2)25-22-23(18-12-17(28)8-10-19(18)35-25)31-26-29-13-30-32(26)24(22)14-3-6-16(27)7-4-14/h3-13,24-25H,1-2H3,(H,29,30,31)/t24-,25-/m1/s1. The molecule has 1 N–H and O–H groups in total. The Kier molecular flexibility index (Phi) is 5.21. The van der Waals surface area contributed by atoms with Crippen molar-refractivity contribution in [2.75, 3.05) is 19.5 Å². The minimum Gasteiger partial charge on any atom is -0.493 e. The molecule has 0 spiro atoms. The van der Waals surface area contributed by atoms with Crippen molar-refractivity contribution in [1.29, 1.82) is 0 Å². The van der Waals surface area contributed by atoms with Crippen LogP contribution in [0, 0.1) is 5.82 Å². The zero-order valence-electron chi connectivity index (χ0n) is 18.8. The molecule has 0 amide bonds. The topological polar surface area (TPSA) is 70.4 Å². The lowest BCUT2D eigenvalue weighted by Gasteiger charge is -2.39. The number of hydrogen-bond acceptors (Lipinski definition) is 6. The smallest absolute Gasteiger partial charge is 0.226 e. The summed E-state index contributed by atoms with van der Waals surface area (Å²) >= 11 is 3.52. The number of hydrogen-bond donors (Lipinski definition) is 1. The second kappa shape index (κ2) is 8.42. The van der Waals surface area contributed by atoms with Gasteiger partial charge in [0, 0.05) is 21.2 Å². The van der Waals surface area contributed by atoms with Crippen LogP contribution in [0.5, 0.6) is 17.2 Å². The monoisotopic (exact) mass is 534 g/mol. The lowest BCUT2D eigenvalue weighted by Crippen LogP contribution is -2.32. The number of rotatable bonds is 4. The molecule has 2 atom stereocenters. The van der Waals surface area contributed by atoms with Crippen molar-refractivity contribution >= 4 is 27.6 Å². The molecule has 3 aromatic carbocycles. The molecule has 0 saturated heterocycles. The predicted molar refractivity (Wildman–Crippen MR) is 132 cm³/mol. The molecule has 7 nitrogen and oxygen atoms in total. The molecule has 176 valence electrons. The van der Waals surface area contributed by atoms with Crippen LogP contribution in [0.15, 0.2) is 77.0 Å². The van der Waals surface area contributed by atoms with Crippen LogP contribution in [-0.4, -0.2) is 29.0 Å². The maximum atomic E-state index is 14.4. The van der Waals surface area contributed by atoms with Gasteiger partial charge in [-0.25, -0.2) is 9.07 Å². The van der Waals surface area contributed by atoms with E-state index >= 15 is 0 Å². The molecular weight excluding hydrogens is 515 g/mol. The molecule has 0 saturated carbocycles. The van der Waals surface area contributed by atoms with Gasteiger partial charge in [0.25, 0.3) is 0 Å². The predicted octanol–water partition coefficient (Wildman–Crippen LogP) is 5.76. The minimum absolute atomic E-state index is 0.341. The molecule has 2 aliphatic heterocycles. The average Bonchev–Trinajstić information content (AvgIpc) is 3.35. The van der Waals surface area contributed by atoms with Gasteiger partial charge in [-0.15, -0.1) is 0 Å². The molecular formula is C26H20BrFN4O3. The number of benzene rings is 3. The maximum Gasteiger partial charge on any atom is 0.226 e. The highest BCUT2D eigenvalue weighted by Crippen LogP contribution is 2.51. The Morgan fingerprint density at radius 1 is 0.971 bits per heavy atom. The third-order valence-corrected chi connectivity index (χ3v) is 6.80. The Morgan fingerprint density at radius 3 is 2.51 bits per heavy atom. The van der Waals surface area contributed by atoms with Crippen molar-refractivity contribution in [1.82, 2.24) is 14.8 Å². The van der Waals surface area contributed by atoms with Crippen LogP contribution >= 0.6 is 15.9 Å². The van der Waals surface area contributed by atoms with Gasteiger partial charge in [-0.05, 0) is 48.0 Å². The van der Waals surface area contributed by atoms with E-state index in [-0.39, 0.29) is 11.9 Å². The molecule has 6 rings (SSSR count). The van der Waals surface area contributed by atoms with Gasteiger partial charge < -0.3 is 19.5 Å². The van der Waals surface area contributed by atoms with E-state index in [2.05, 4.69) is 31.3 Å². The summed E-state index contributed by atoms with van der Waals surface area (Å²) in [5.41, 5.74) is 4.11. The highest BCUT2D eigenvalue weighted by atomic mass is 79.9. The number of methoxy groups -OCH3 is 2. The molecule has 3 heterocycles. The summed E-state index contributed by atoms with van der Waals surface area (Å²) in [6.07, 6.45) is 0.993. The number of ether oxygens (including phenoxy) is 3. The van der Waals surface area contributed by atoms with E-state index in [1.54, 1.807) is 20.3 Å². The third kappa shape index (κ3) is 3.54. The lowest BCUT2D eigenvalue weighted by atomic mass is 9.84. The number of aromatic nitrogens is 3. The van der Waals surface area contributed by atoms with Gasteiger partial charge in [0.15, 0.2) is 11.5 Å². The highest BCUT2D eigenvalue weighted by Gasteiger charge is 2.41. The van der Waals surface area contributed by atoms with Gasteiger partial charge in [-0.1, -0.05) is 34.1 Å². The van der Waals surface area contributed by atoms with Crippen molar-refractivity contribution < 1.29 is 18.6 Å². The molecule has 0 radical (unpaired) electrons. The van der Waals surface area contributed by atoms with Crippen LogP contribution in [-0.2, 0) is 0 Å². The van der Waals surface area contributed by atoms with E-state index in [1.807, 2.05) is 47.1 Å². The summed E-state index contributed by atoms with van der Waals surface area (Å²) in [4.78, 5) is 4.41.